The number of nitrogens with zero attached hydrogens (tertiary/aromatic N) is 2. The van der Waals surface area contributed by atoms with E-state index in [2.05, 4.69) is 10.3 Å². The highest BCUT2D eigenvalue weighted by Gasteiger charge is 2.23. The van der Waals surface area contributed by atoms with Crippen LogP contribution in [0.1, 0.15) is 17.3 Å². The maximum absolute atomic E-state index is 13.5. The average Bonchev–Trinajstić information content (AvgIpc) is 3.60. The summed E-state index contributed by atoms with van der Waals surface area (Å²) < 4.78 is 17.2. The Balaban J connectivity index is 1.45. The maximum Gasteiger partial charge on any atom is 0.341 e. The predicted octanol–water partition coefficient (Wildman–Crippen LogP) is 6.34. The number of anilines is 1. The lowest BCUT2D eigenvalue weighted by atomic mass is 10.0. The second kappa shape index (κ2) is 12.1. The van der Waals surface area contributed by atoms with Crippen LogP contribution < -0.4 is 20.3 Å². The number of esters is 1. The van der Waals surface area contributed by atoms with Gasteiger partial charge in [0.2, 0.25) is 5.91 Å². The van der Waals surface area contributed by atoms with Crippen molar-refractivity contribution in [3.63, 3.8) is 0 Å². The van der Waals surface area contributed by atoms with Gasteiger partial charge in [-0.15, -0.1) is 22.7 Å². The average molecular weight is 610 g/mol. The Morgan fingerprint density at radius 3 is 2.39 bits per heavy atom. The molecular weight excluding hydrogens is 586 g/mol. The van der Waals surface area contributed by atoms with Crippen molar-refractivity contribution in [1.29, 1.82) is 0 Å². The third kappa shape index (κ3) is 5.69. The summed E-state index contributed by atoms with van der Waals surface area (Å²) in [7, 11) is 3.09. The molecule has 0 radical (unpaired) electrons. The molecule has 12 heteroatoms. The van der Waals surface area contributed by atoms with Crippen LogP contribution in [0.2, 0.25) is 5.02 Å². The minimum Gasteiger partial charge on any atom is -0.493 e. The first-order chi connectivity index (χ1) is 19.8. The van der Waals surface area contributed by atoms with Crippen molar-refractivity contribution in [2.45, 2.75) is 13.5 Å². The zero-order chi connectivity index (χ0) is 29.1. The summed E-state index contributed by atoms with van der Waals surface area (Å²) in [6.07, 6.45) is 1.35. The maximum atomic E-state index is 13.5. The van der Waals surface area contributed by atoms with Gasteiger partial charge in [0, 0.05) is 26.9 Å². The lowest BCUT2D eigenvalue weighted by Gasteiger charge is -2.11. The first-order valence-corrected chi connectivity index (χ1v) is 14.5. The monoisotopic (exact) mass is 609 g/mol. The number of fused-ring (bicyclic) bond motifs is 1. The second-order valence-electron chi connectivity index (χ2n) is 8.71. The van der Waals surface area contributed by atoms with E-state index in [-0.39, 0.29) is 24.3 Å². The molecule has 9 nitrogen and oxygen atoms in total. The van der Waals surface area contributed by atoms with Gasteiger partial charge >= 0.3 is 5.97 Å². The van der Waals surface area contributed by atoms with Crippen LogP contribution in [0.4, 0.5) is 5.00 Å². The van der Waals surface area contributed by atoms with Crippen LogP contribution in [-0.2, 0) is 16.1 Å². The SMILES string of the molecule is CCOC(=O)c1c(-c2ccc(Cl)cc2)csc1NC(=O)Cn1cnc2scc(-c3ccc(OC)c(OC)c3)c2c1=O. The van der Waals surface area contributed by atoms with Crippen LogP contribution in [0.3, 0.4) is 0 Å². The molecule has 3 heterocycles. The minimum absolute atomic E-state index is 0.173. The topological polar surface area (TPSA) is 109 Å². The summed E-state index contributed by atoms with van der Waals surface area (Å²) in [4.78, 5) is 44.5. The molecule has 210 valence electrons. The van der Waals surface area contributed by atoms with Gasteiger partial charge in [-0.2, -0.15) is 0 Å². The molecule has 0 fully saturated rings. The molecule has 5 rings (SSSR count). The zero-order valence-corrected chi connectivity index (χ0v) is 24.6. The molecule has 0 saturated carbocycles. The highest BCUT2D eigenvalue weighted by molar-refractivity contribution is 7.17. The number of carbonyl (C=O) groups excluding carboxylic acids is 2. The lowest BCUT2D eigenvalue weighted by molar-refractivity contribution is -0.116. The van der Waals surface area contributed by atoms with E-state index < -0.39 is 11.9 Å². The number of carbonyl (C=O) groups is 2. The molecule has 0 bridgehead atoms. The van der Waals surface area contributed by atoms with E-state index in [9.17, 15) is 14.4 Å². The number of rotatable bonds is 9. The Morgan fingerprint density at radius 2 is 1.68 bits per heavy atom. The molecule has 41 heavy (non-hydrogen) atoms. The summed E-state index contributed by atoms with van der Waals surface area (Å²) in [5, 5.41) is 7.67. The fourth-order valence-electron chi connectivity index (χ4n) is 4.31. The van der Waals surface area contributed by atoms with Crippen LogP contribution in [0.25, 0.3) is 32.5 Å². The summed E-state index contributed by atoms with van der Waals surface area (Å²) in [5.74, 6) is 0.0375. The quantitative estimate of drug-likeness (QED) is 0.194. The molecule has 5 aromatic rings. The van der Waals surface area contributed by atoms with E-state index in [1.165, 1.54) is 33.6 Å². The molecule has 1 N–H and O–H groups in total. The van der Waals surface area contributed by atoms with E-state index in [4.69, 9.17) is 25.8 Å². The summed E-state index contributed by atoms with van der Waals surface area (Å²) in [6, 6.07) is 12.4. The molecule has 0 aliphatic carbocycles. The van der Waals surface area contributed by atoms with Crippen LogP contribution in [0.15, 0.2) is 64.3 Å². The Kier molecular flexibility index (Phi) is 8.39. The highest BCUT2D eigenvalue weighted by atomic mass is 35.5. The number of nitrogens with one attached hydrogen (secondary N) is 1. The molecule has 0 unspecified atom stereocenters. The minimum atomic E-state index is -0.563. The Labute approximate surface area is 247 Å². The normalized spacial score (nSPS) is 10.9. The van der Waals surface area contributed by atoms with Crippen molar-refractivity contribution < 1.29 is 23.8 Å². The fraction of sp³-hybridized carbons (Fsp3) is 0.172. The molecular formula is C29H24ClN3O6S2. The van der Waals surface area contributed by atoms with Crippen molar-refractivity contribution in [1.82, 2.24) is 9.55 Å². The van der Waals surface area contributed by atoms with E-state index in [0.29, 0.717) is 42.9 Å². The number of thiophene rings is 2. The summed E-state index contributed by atoms with van der Waals surface area (Å²) in [5.41, 5.74) is 2.66. The van der Waals surface area contributed by atoms with Gasteiger partial charge in [-0.1, -0.05) is 29.8 Å². The van der Waals surface area contributed by atoms with Gasteiger partial charge in [0.15, 0.2) is 11.5 Å². The van der Waals surface area contributed by atoms with E-state index in [1.54, 1.807) is 62.9 Å². The van der Waals surface area contributed by atoms with E-state index >= 15 is 0 Å². The Morgan fingerprint density at radius 1 is 0.976 bits per heavy atom. The molecule has 0 spiro atoms. The van der Waals surface area contributed by atoms with Crippen molar-refractivity contribution in [3.8, 4) is 33.8 Å². The molecule has 0 aliphatic rings. The number of amides is 1. The highest BCUT2D eigenvalue weighted by Crippen LogP contribution is 2.38. The largest absolute Gasteiger partial charge is 0.493 e. The number of hydrogen-bond acceptors (Lipinski definition) is 9. The van der Waals surface area contributed by atoms with Crippen molar-refractivity contribution in [2.24, 2.45) is 0 Å². The second-order valence-corrected chi connectivity index (χ2v) is 10.9. The van der Waals surface area contributed by atoms with Gasteiger partial charge in [0.05, 0.1) is 32.5 Å². The van der Waals surface area contributed by atoms with Crippen molar-refractivity contribution in [2.75, 3.05) is 26.1 Å². The van der Waals surface area contributed by atoms with E-state index in [0.717, 1.165) is 11.1 Å². The van der Waals surface area contributed by atoms with Gasteiger partial charge < -0.3 is 19.5 Å². The standard InChI is InChI=1S/C29H24ClN3O6S2/c1-4-39-29(36)25-19(16-5-8-18(30)9-6-16)13-41-27(25)32-23(34)12-33-15-31-26-24(28(33)35)20(14-40-26)17-7-10-21(37-2)22(11-17)38-3/h5-11,13-15H,4,12H2,1-3H3,(H,32,34). The van der Waals surface area contributed by atoms with Gasteiger partial charge in [-0.25, -0.2) is 9.78 Å². The van der Waals surface area contributed by atoms with Gasteiger partial charge in [-0.05, 0) is 42.3 Å². The van der Waals surface area contributed by atoms with Gasteiger partial charge in [0.1, 0.15) is 21.9 Å². The Hall–Kier alpha value is -4.19. The molecule has 2 aromatic carbocycles. The third-order valence-electron chi connectivity index (χ3n) is 6.25. The van der Waals surface area contributed by atoms with Crippen molar-refractivity contribution >= 4 is 61.4 Å². The number of hydrogen-bond donors (Lipinski definition) is 1. The molecule has 0 aliphatic heterocycles. The zero-order valence-electron chi connectivity index (χ0n) is 22.2. The lowest BCUT2D eigenvalue weighted by Crippen LogP contribution is -2.28. The van der Waals surface area contributed by atoms with E-state index in [1.807, 2.05) is 11.4 Å². The third-order valence-corrected chi connectivity index (χ3v) is 8.28. The molecule has 1 amide bonds. The summed E-state index contributed by atoms with van der Waals surface area (Å²) in [6.45, 7) is 1.58. The summed E-state index contributed by atoms with van der Waals surface area (Å²) >= 11 is 8.55. The van der Waals surface area contributed by atoms with Crippen LogP contribution in [0.5, 0.6) is 11.5 Å². The fourth-order valence-corrected chi connectivity index (χ4v) is 6.32. The molecule has 0 saturated heterocycles. The molecule has 3 aromatic heterocycles. The van der Waals surface area contributed by atoms with Gasteiger partial charge in [0.25, 0.3) is 5.56 Å². The first kappa shape index (κ1) is 28.3. The predicted molar refractivity (Wildman–Crippen MR) is 162 cm³/mol. The van der Waals surface area contributed by atoms with Crippen molar-refractivity contribution in [3.05, 3.63) is 80.5 Å². The smallest absolute Gasteiger partial charge is 0.341 e. The molecule has 0 atom stereocenters. The number of aromatic nitrogens is 2. The number of halogens is 1. The van der Waals surface area contributed by atoms with Gasteiger partial charge in [-0.3, -0.25) is 14.2 Å². The number of benzene rings is 2. The van der Waals surface area contributed by atoms with Crippen LogP contribution in [0, 0.1) is 0 Å². The first-order valence-electron chi connectivity index (χ1n) is 12.4. The Bertz CT molecular complexity index is 1810. The number of methoxy groups -OCH3 is 2. The number of ether oxygens (including phenoxy) is 3. The van der Waals surface area contributed by atoms with Crippen LogP contribution >= 0.6 is 34.3 Å². The van der Waals surface area contributed by atoms with Crippen LogP contribution in [-0.4, -0.2) is 42.3 Å².